The van der Waals surface area contributed by atoms with E-state index in [0.29, 0.717) is 48.3 Å². The average molecular weight is 387 g/mol. The van der Waals surface area contributed by atoms with Gasteiger partial charge in [-0.05, 0) is 63.2 Å². The number of nitrogens with one attached hydrogen (secondary N) is 3. The number of anilines is 1. The second-order valence-corrected chi connectivity index (χ2v) is 5.52. The van der Waals surface area contributed by atoms with Crippen LogP contribution in [-0.4, -0.2) is 31.8 Å². The van der Waals surface area contributed by atoms with Crippen molar-refractivity contribution in [1.29, 1.82) is 0 Å². The number of amides is 3. The highest BCUT2D eigenvalue weighted by molar-refractivity contribution is 5.97. The van der Waals surface area contributed by atoms with Crippen molar-refractivity contribution in [2.24, 2.45) is 0 Å². The summed E-state index contributed by atoms with van der Waals surface area (Å²) in [6.07, 6.45) is 0. The molecule has 0 radical (unpaired) electrons. The van der Waals surface area contributed by atoms with E-state index in [-0.39, 0.29) is 0 Å². The summed E-state index contributed by atoms with van der Waals surface area (Å²) >= 11 is 0. The van der Waals surface area contributed by atoms with Crippen LogP contribution in [0.2, 0.25) is 0 Å². The third kappa shape index (κ3) is 6.08. The predicted molar refractivity (Wildman–Crippen MR) is 106 cm³/mol. The van der Waals surface area contributed by atoms with Gasteiger partial charge < -0.3 is 19.5 Å². The zero-order valence-electron chi connectivity index (χ0n) is 16.2. The van der Waals surface area contributed by atoms with Gasteiger partial charge in [0.05, 0.1) is 19.8 Å². The molecule has 2 aromatic rings. The van der Waals surface area contributed by atoms with E-state index in [0.717, 1.165) is 0 Å². The average Bonchev–Trinajstić information content (AvgIpc) is 2.69. The number of ether oxygens (including phenoxy) is 3. The molecule has 0 spiro atoms. The third-order valence-corrected chi connectivity index (χ3v) is 3.52. The molecule has 0 unspecified atom stereocenters. The van der Waals surface area contributed by atoms with Crippen molar-refractivity contribution in [3.63, 3.8) is 0 Å². The molecule has 0 aliphatic carbocycles. The minimum Gasteiger partial charge on any atom is -0.494 e. The summed E-state index contributed by atoms with van der Waals surface area (Å²) in [4.78, 5) is 24.2. The zero-order valence-corrected chi connectivity index (χ0v) is 16.2. The molecular formula is C20H25N3O5. The lowest BCUT2D eigenvalue weighted by atomic mass is 10.2. The van der Waals surface area contributed by atoms with Gasteiger partial charge in [0.1, 0.15) is 5.75 Å². The van der Waals surface area contributed by atoms with Gasteiger partial charge >= 0.3 is 6.03 Å². The number of hydrazine groups is 1. The molecule has 0 aliphatic rings. The molecule has 2 aromatic carbocycles. The topological polar surface area (TPSA) is 97.9 Å². The Morgan fingerprint density at radius 1 is 0.786 bits per heavy atom. The minimum absolute atomic E-state index is 0.327. The summed E-state index contributed by atoms with van der Waals surface area (Å²) in [5.74, 6) is 1.26. The lowest BCUT2D eigenvalue weighted by molar-refractivity contribution is 0.0937. The Balaban J connectivity index is 1.91. The van der Waals surface area contributed by atoms with Crippen molar-refractivity contribution >= 4 is 17.6 Å². The summed E-state index contributed by atoms with van der Waals surface area (Å²) in [6, 6.07) is 11.1. The van der Waals surface area contributed by atoms with Crippen molar-refractivity contribution in [3.05, 3.63) is 48.0 Å². The van der Waals surface area contributed by atoms with Crippen LogP contribution in [0.3, 0.4) is 0 Å². The van der Waals surface area contributed by atoms with Gasteiger partial charge in [-0.25, -0.2) is 10.2 Å². The van der Waals surface area contributed by atoms with Crippen LogP contribution in [0.15, 0.2) is 42.5 Å². The van der Waals surface area contributed by atoms with Crippen LogP contribution in [0.1, 0.15) is 31.1 Å². The van der Waals surface area contributed by atoms with Crippen molar-refractivity contribution in [3.8, 4) is 17.2 Å². The number of hydrogen-bond acceptors (Lipinski definition) is 5. The Labute approximate surface area is 164 Å². The largest absolute Gasteiger partial charge is 0.494 e. The molecule has 0 aromatic heterocycles. The Kier molecular flexibility index (Phi) is 7.95. The van der Waals surface area contributed by atoms with Gasteiger partial charge in [0, 0.05) is 11.3 Å². The first-order valence-electron chi connectivity index (χ1n) is 9.07. The van der Waals surface area contributed by atoms with Crippen LogP contribution in [0.5, 0.6) is 17.2 Å². The predicted octanol–water partition coefficient (Wildman–Crippen LogP) is 3.35. The van der Waals surface area contributed by atoms with Crippen LogP contribution in [0.25, 0.3) is 0 Å². The molecule has 3 amide bonds. The molecule has 2 rings (SSSR count). The van der Waals surface area contributed by atoms with E-state index in [1.54, 1.807) is 42.5 Å². The molecule has 0 fully saturated rings. The Hall–Kier alpha value is -3.42. The van der Waals surface area contributed by atoms with E-state index in [1.807, 2.05) is 20.8 Å². The SMILES string of the molecule is CCOc1ccc(NC(=O)NNC(=O)c2ccc(OCC)c(OCC)c2)cc1. The van der Waals surface area contributed by atoms with Gasteiger partial charge in [-0.1, -0.05) is 0 Å². The first-order valence-corrected chi connectivity index (χ1v) is 9.07. The number of carbonyl (C=O) groups excluding carboxylic acids is 2. The Morgan fingerprint density at radius 3 is 2.07 bits per heavy atom. The van der Waals surface area contributed by atoms with Crippen LogP contribution < -0.4 is 30.4 Å². The summed E-state index contributed by atoms with van der Waals surface area (Å²) in [5.41, 5.74) is 5.55. The summed E-state index contributed by atoms with van der Waals surface area (Å²) in [7, 11) is 0. The molecule has 0 atom stereocenters. The molecule has 3 N–H and O–H groups in total. The first-order chi connectivity index (χ1) is 13.6. The van der Waals surface area contributed by atoms with Crippen LogP contribution in [0, 0.1) is 0 Å². The number of carbonyl (C=O) groups is 2. The van der Waals surface area contributed by atoms with Crippen molar-refractivity contribution < 1.29 is 23.8 Å². The van der Waals surface area contributed by atoms with Gasteiger partial charge in [0.25, 0.3) is 5.91 Å². The van der Waals surface area contributed by atoms with E-state index in [9.17, 15) is 9.59 Å². The maximum Gasteiger partial charge on any atom is 0.337 e. The summed E-state index contributed by atoms with van der Waals surface area (Å²) < 4.78 is 16.3. The van der Waals surface area contributed by atoms with Gasteiger partial charge in [0.15, 0.2) is 11.5 Å². The third-order valence-electron chi connectivity index (χ3n) is 3.52. The fourth-order valence-electron chi connectivity index (χ4n) is 2.34. The maximum atomic E-state index is 12.3. The first kappa shape index (κ1) is 20.9. The van der Waals surface area contributed by atoms with E-state index in [1.165, 1.54) is 0 Å². The molecule has 150 valence electrons. The van der Waals surface area contributed by atoms with Crippen LogP contribution in [-0.2, 0) is 0 Å². The number of rotatable bonds is 8. The summed E-state index contributed by atoms with van der Waals surface area (Å²) in [5, 5.41) is 2.61. The fourth-order valence-corrected chi connectivity index (χ4v) is 2.34. The van der Waals surface area contributed by atoms with Gasteiger partial charge in [0.2, 0.25) is 0 Å². The van der Waals surface area contributed by atoms with Crippen LogP contribution >= 0.6 is 0 Å². The number of hydrogen-bond donors (Lipinski definition) is 3. The molecule has 28 heavy (non-hydrogen) atoms. The van der Waals surface area contributed by atoms with Gasteiger partial charge in [-0.15, -0.1) is 0 Å². The summed E-state index contributed by atoms with van der Waals surface area (Å²) in [6.45, 7) is 7.09. The normalized spacial score (nSPS) is 9.96. The van der Waals surface area contributed by atoms with Gasteiger partial charge in [-0.2, -0.15) is 0 Å². The Bertz CT molecular complexity index is 793. The monoisotopic (exact) mass is 387 g/mol. The van der Waals surface area contributed by atoms with Gasteiger partial charge in [-0.3, -0.25) is 10.2 Å². The molecule has 0 bridgehead atoms. The molecular weight excluding hydrogens is 362 g/mol. The zero-order chi connectivity index (χ0) is 20.4. The molecule has 0 saturated heterocycles. The van der Waals surface area contributed by atoms with Crippen molar-refractivity contribution in [1.82, 2.24) is 10.9 Å². The van der Waals surface area contributed by atoms with E-state index >= 15 is 0 Å². The number of urea groups is 1. The fraction of sp³-hybridized carbons (Fsp3) is 0.300. The van der Waals surface area contributed by atoms with Crippen molar-refractivity contribution in [2.75, 3.05) is 25.1 Å². The molecule has 0 heterocycles. The molecule has 8 nitrogen and oxygen atoms in total. The van der Waals surface area contributed by atoms with Crippen molar-refractivity contribution in [2.45, 2.75) is 20.8 Å². The quantitative estimate of drug-likeness (QED) is 0.604. The molecule has 0 saturated carbocycles. The van der Waals surface area contributed by atoms with E-state index in [2.05, 4.69) is 16.2 Å². The second-order valence-electron chi connectivity index (χ2n) is 5.52. The smallest absolute Gasteiger partial charge is 0.337 e. The Morgan fingerprint density at radius 2 is 1.43 bits per heavy atom. The second kappa shape index (κ2) is 10.7. The highest BCUT2D eigenvalue weighted by Crippen LogP contribution is 2.28. The maximum absolute atomic E-state index is 12.3. The van der Waals surface area contributed by atoms with E-state index in [4.69, 9.17) is 14.2 Å². The van der Waals surface area contributed by atoms with Crippen LogP contribution in [0.4, 0.5) is 10.5 Å². The lowest BCUT2D eigenvalue weighted by Gasteiger charge is -2.13. The number of benzene rings is 2. The van der Waals surface area contributed by atoms with E-state index < -0.39 is 11.9 Å². The molecule has 8 heteroatoms. The standard InChI is InChI=1S/C20H25N3O5/c1-4-26-16-10-8-15(9-11-16)21-20(25)23-22-19(24)14-7-12-17(27-5-2)18(13-14)28-6-3/h7-13H,4-6H2,1-3H3,(H,22,24)(H2,21,23,25). The highest BCUT2D eigenvalue weighted by atomic mass is 16.5. The highest BCUT2D eigenvalue weighted by Gasteiger charge is 2.12. The molecule has 0 aliphatic heterocycles. The lowest BCUT2D eigenvalue weighted by Crippen LogP contribution is -2.43. The minimum atomic E-state index is -0.575.